The Bertz CT molecular complexity index is 599. The molecule has 1 aliphatic heterocycles. The lowest BCUT2D eigenvalue weighted by Crippen LogP contribution is -2.51. The van der Waals surface area contributed by atoms with E-state index in [2.05, 4.69) is 10.6 Å². The Labute approximate surface area is 147 Å². The number of hydrogen-bond acceptors (Lipinski definition) is 4. The zero-order valence-corrected chi connectivity index (χ0v) is 14.7. The van der Waals surface area contributed by atoms with Crippen molar-refractivity contribution in [1.82, 2.24) is 15.5 Å². The number of rotatable bonds is 3. The summed E-state index contributed by atoms with van der Waals surface area (Å²) in [5, 5.41) is 15.6. The lowest BCUT2D eigenvalue weighted by molar-refractivity contribution is 0.0913. The summed E-state index contributed by atoms with van der Waals surface area (Å²) in [6.45, 7) is 3.04. The van der Waals surface area contributed by atoms with Crippen molar-refractivity contribution in [3.63, 3.8) is 0 Å². The Hall–Kier alpha value is -2.02. The summed E-state index contributed by atoms with van der Waals surface area (Å²) in [6.07, 6.45) is 5.98. The van der Waals surface area contributed by atoms with Crippen molar-refractivity contribution in [1.29, 1.82) is 0 Å². The maximum absolute atomic E-state index is 12.4. The average Bonchev–Trinajstić information content (AvgIpc) is 3.04. The number of likely N-dealkylation sites (tertiary alicyclic amines) is 1. The highest BCUT2D eigenvalue weighted by atomic mass is 16.3. The minimum absolute atomic E-state index is 0.0307. The fourth-order valence-electron chi connectivity index (χ4n) is 3.60. The first-order valence-electron chi connectivity index (χ1n) is 9.11. The number of nitrogens with one attached hydrogen (secondary N) is 2. The third-order valence-corrected chi connectivity index (χ3v) is 5.25. The Morgan fingerprint density at radius 3 is 2.32 bits per heavy atom. The Kier molecular flexibility index (Phi) is 5.63. The van der Waals surface area contributed by atoms with Crippen LogP contribution in [0.4, 0.5) is 4.79 Å². The molecule has 3 rings (SSSR count). The smallest absolute Gasteiger partial charge is 0.317 e. The van der Waals surface area contributed by atoms with Crippen molar-refractivity contribution in [2.45, 2.75) is 63.6 Å². The van der Waals surface area contributed by atoms with Crippen LogP contribution in [-0.4, -0.2) is 53.2 Å². The highest BCUT2D eigenvalue weighted by Crippen LogP contribution is 2.19. The second-order valence-corrected chi connectivity index (χ2v) is 7.08. The molecule has 1 saturated heterocycles. The quantitative estimate of drug-likeness (QED) is 0.775. The number of hydrogen-bond donors (Lipinski definition) is 3. The van der Waals surface area contributed by atoms with E-state index in [1.807, 2.05) is 4.90 Å². The van der Waals surface area contributed by atoms with Gasteiger partial charge in [0.2, 0.25) is 0 Å². The minimum atomic E-state index is -0.216. The van der Waals surface area contributed by atoms with Crippen LogP contribution in [0.3, 0.4) is 0 Å². The molecule has 0 unspecified atom stereocenters. The predicted molar refractivity (Wildman–Crippen MR) is 92.3 cm³/mol. The Morgan fingerprint density at radius 1 is 1.08 bits per heavy atom. The molecule has 138 valence electrons. The first kappa shape index (κ1) is 17.8. The molecule has 3 amide bonds. The molecule has 2 fully saturated rings. The van der Waals surface area contributed by atoms with Crippen LogP contribution in [0.2, 0.25) is 0 Å². The average molecular weight is 349 g/mol. The Morgan fingerprint density at radius 2 is 1.72 bits per heavy atom. The molecule has 2 aliphatic rings. The van der Waals surface area contributed by atoms with Gasteiger partial charge in [-0.1, -0.05) is 0 Å². The zero-order chi connectivity index (χ0) is 17.8. The van der Waals surface area contributed by atoms with Crippen LogP contribution >= 0.6 is 0 Å². The molecule has 1 aromatic rings. The lowest BCUT2D eigenvalue weighted by atomic mass is 9.93. The number of aliphatic hydroxyl groups is 1. The Balaban J connectivity index is 1.41. The molecule has 2 heterocycles. The van der Waals surface area contributed by atoms with Crippen LogP contribution < -0.4 is 10.6 Å². The van der Waals surface area contributed by atoms with E-state index in [4.69, 9.17) is 4.42 Å². The van der Waals surface area contributed by atoms with E-state index in [0.29, 0.717) is 24.4 Å². The van der Waals surface area contributed by atoms with Gasteiger partial charge in [-0.05, 0) is 51.5 Å². The molecule has 0 radical (unpaired) electrons. The summed E-state index contributed by atoms with van der Waals surface area (Å²) in [7, 11) is 0. The molecule has 25 heavy (non-hydrogen) atoms. The topological polar surface area (TPSA) is 94.8 Å². The van der Waals surface area contributed by atoms with Gasteiger partial charge >= 0.3 is 6.03 Å². The van der Waals surface area contributed by atoms with E-state index in [1.54, 1.807) is 13.0 Å². The van der Waals surface area contributed by atoms with Gasteiger partial charge in [-0.2, -0.15) is 0 Å². The lowest BCUT2D eigenvalue weighted by Gasteiger charge is -2.34. The van der Waals surface area contributed by atoms with Crippen LogP contribution in [-0.2, 0) is 0 Å². The summed E-state index contributed by atoms with van der Waals surface area (Å²) < 4.78 is 5.16. The summed E-state index contributed by atoms with van der Waals surface area (Å²) >= 11 is 0. The highest BCUT2D eigenvalue weighted by molar-refractivity contribution is 5.95. The van der Waals surface area contributed by atoms with Crippen molar-refractivity contribution in [2.24, 2.45) is 0 Å². The molecule has 3 N–H and O–H groups in total. The summed E-state index contributed by atoms with van der Waals surface area (Å²) in [6, 6.07) is 1.89. The molecule has 0 spiro atoms. The van der Waals surface area contributed by atoms with Crippen molar-refractivity contribution in [3.8, 4) is 0 Å². The molecule has 0 atom stereocenters. The van der Waals surface area contributed by atoms with Crippen molar-refractivity contribution >= 4 is 11.9 Å². The van der Waals surface area contributed by atoms with E-state index in [0.717, 1.165) is 38.5 Å². The second-order valence-electron chi connectivity index (χ2n) is 7.08. The number of furan rings is 1. The van der Waals surface area contributed by atoms with E-state index in [1.165, 1.54) is 6.26 Å². The summed E-state index contributed by atoms with van der Waals surface area (Å²) in [4.78, 5) is 26.4. The number of aryl methyl sites for hydroxylation is 1. The third kappa shape index (κ3) is 4.54. The van der Waals surface area contributed by atoms with Crippen LogP contribution in [0.1, 0.15) is 54.6 Å². The fraction of sp³-hybridized carbons (Fsp3) is 0.667. The number of carbonyl (C=O) groups is 2. The largest absolute Gasteiger partial charge is 0.469 e. The van der Waals surface area contributed by atoms with Gasteiger partial charge < -0.3 is 25.1 Å². The van der Waals surface area contributed by atoms with E-state index >= 15 is 0 Å². The molecule has 1 saturated carbocycles. The maximum atomic E-state index is 12.4. The molecule has 0 aromatic carbocycles. The fourth-order valence-corrected chi connectivity index (χ4v) is 3.60. The van der Waals surface area contributed by atoms with Gasteiger partial charge in [0.1, 0.15) is 5.76 Å². The predicted octanol–water partition coefficient (Wildman–Crippen LogP) is 1.80. The molecule has 7 heteroatoms. The molecule has 1 aromatic heterocycles. The van der Waals surface area contributed by atoms with Crippen molar-refractivity contribution in [2.75, 3.05) is 13.1 Å². The van der Waals surface area contributed by atoms with Gasteiger partial charge in [-0.3, -0.25) is 4.79 Å². The van der Waals surface area contributed by atoms with Gasteiger partial charge in [0.05, 0.1) is 17.9 Å². The van der Waals surface area contributed by atoms with Crippen molar-refractivity contribution < 1.29 is 19.1 Å². The highest BCUT2D eigenvalue weighted by Gasteiger charge is 2.27. The van der Waals surface area contributed by atoms with Gasteiger partial charge in [-0.15, -0.1) is 0 Å². The van der Waals surface area contributed by atoms with Gasteiger partial charge in [0, 0.05) is 25.2 Å². The van der Waals surface area contributed by atoms with Crippen LogP contribution in [0.15, 0.2) is 16.7 Å². The van der Waals surface area contributed by atoms with Gasteiger partial charge in [0.15, 0.2) is 0 Å². The second kappa shape index (κ2) is 7.91. The van der Waals surface area contributed by atoms with E-state index < -0.39 is 0 Å². The van der Waals surface area contributed by atoms with Crippen LogP contribution in [0, 0.1) is 6.92 Å². The first-order chi connectivity index (χ1) is 12.0. The standard InChI is InChI=1S/C18H27N3O4/c1-12-16(8-11-25-12)17(23)19-14-6-9-21(10-7-14)18(24)20-13-2-4-15(22)5-3-13/h8,11,13-15,22H,2-7,9-10H2,1H3,(H,19,23)(H,20,24). The number of piperidine rings is 1. The number of amides is 3. The van der Waals surface area contributed by atoms with E-state index in [9.17, 15) is 14.7 Å². The van der Waals surface area contributed by atoms with Crippen LogP contribution in [0.5, 0.6) is 0 Å². The normalized spacial score (nSPS) is 24.8. The molecule has 0 bridgehead atoms. The maximum Gasteiger partial charge on any atom is 0.317 e. The molecular weight excluding hydrogens is 322 g/mol. The number of aliphatic hydroxyl groups excluding tert-OH is 1. The minimum Gasteiger partial charge on any atom is -0.469 e. The van der Waals surface area contributed by atoms with E-state index in [-0.39, 0.29) is 30.1 Å². The molecule has 1 aliphatic carbocycles. The van der Waals surface area contributed by atoms with Gasteiger partial charge in [0.25, 0.3) is 5.91 Å². The van der Waals surface area contributed by atoms with Crippen molar-refractivity contribution in [3.05, 3.63) is 23.7 Å². The number of urea groups is 1. The first-order valence-corrected chi connectivity index (χ1v) is 9.11. The summed E-state index contributed by atoms with van der Waals surface area (Å²) in [5.74, 6) is 0.502. The molecular formula is C18H27N3O4. The summed E-state index contributed by atoms with van der Waals surface area (Å²) in [5.41, 5.74) is 0.569. The monoisotopic (exact) mass is 349 g/mol. The van der Waals surface area contributed by atoms with Crippen LogP contribution in [0.25, 0.3) is 0 Å². The third-order valence-electron chi connectivity index (χ3n) is 5.25. The number of carbonyl (C=O) groups excluding carboxylic acids is 2. The van der Waals surface area contributed by atoms with Gasteiger partial charge in [-0.25, -0.2) is 4.79 Å². The number of nitrogens with zero attached hydrogens (tertiary/aromatic N) is 1. The molecule has 7 nitrogen and oxygen atoms in total. The zero-order valence-electron chi connectivity index (χ0n) is 14.7. The SMILES string of the molecule is Cc1occc1C(=O)NC1CCN(C(=O)NC2CCC(O)CC2)CC1.